The van der Waals surface area contributed by atoms with E-state index in [1.165, 1.54) is 10.9 Å². The number of ether oxygens (including phenoxy) is 1. The van der Waals surface area contributed by atoms with Gasteiger partial charge in [-0.25, -0.2) is 14.8 Å². The highest BCUT2D eigenvalue weighted by atomic mass is 16.5. The second-order valence-electron chi connectivity index (χ2n) is 6.24. The van der Waals surface area contributed by atoms with Crippen LogP contribution in [-0.2, 0) is 4.74 Å². The fourth-order valence-corrected chi connectivity index (χ4v) is 2.85. The summed E-state index contributed by atoms with van der Waals surface area (Å²) in [5.74, 6) is -0.619. The number of carbonyl (C=O) groups excluding carboxylic acids is 2. The molecular formula is C20H22N6O3. The molecule has 0 unspecified atom stereocenters. The molecule has 0 saturated heterocycles. The van der Waals surface area contributed by atoms with E-state index < -0.39 is 11.9 Å². The minimum atomic E-state index is -0.597. The Kier molecular flexibility index (Phi) is 5.87. The van der Waals surface area contributed by atoms with Gasteiger partial charge in [0, 0.05) is 24.1 Å². The molecule has 9 nitrogen and oxygen atoms in total. The normalized spacial score (nSPS) is 10.5. The van der Waals surface area contributed by atoms with Crippen LogP contribution in [-0.4, -0.2) is 45.3 Å². The Morgan fingerprint density at radius 3 is 2.45 bits per heavy atom. The number of amides is 1. The molecule has 3 rings (SSSR count). The van der Waals surface area contributed by atoms with E-state index in [0.29, 0.717) is 11.3 Å². The summed E-state index contributed by atoms with van der Waals surface area (Å²) in [7, 11) is 1.73. The zero-order chi connectivity index (χ0) is 21.0. The first kappa shape index (κ1) is 20.0. The van der Waals surface area contributed by atoms with Crippen molar-refractivity contribution in [2.75, 3.05) is 24.3 Å². The Morgan fingerprint density at radius 2 is 1.79 bits per heavy atom. The molecule has 3 aromatic rings. The molecule has 150 valence electrons. The number of nitrogens with zero attached hydrogens (tertiary/aromatic N) is 4. The maximum Gasteiger partial charge on any atom is 0.343 e. The van der Waals surface area contributed by atoms with E-state index in [0.717, 1.165) is 11.4 Å². The molecule has 0 fully saturated rings. The number of para-hydroxylation sites is 1. The molecule has 9 heteroatoms. The van der Waals surface area contributed by atoms with Crippen molar-refractivity contribution in [2.45, 2.75) is 20.8 Å². The zero-order valence-corrected chi connectivity index (χ0v) is 16.7. The lowest BCUT2D eigenvalue weighted by molar-refractivity contribution is 0.0527. The van der Waals surface area contributed by atoms with Gasteiger partial charge in [-0.15, -0.1) is 0 Å². The lowest BCUT2D eigenvalue weighted by Gasteiger charge is -2.12. The van der Waals surface area contributed by atoms with Crippen LogP contribution in [0.1, 0.15) is 39.0 Å². The molecule has 2 N–H and O–H groups in total. The Balaban J connectivity index is 2.08. The van der Waals surface area contributed by atoms with Gasteiger partial charge in [-0.1, -0.05) is 12.1 Å². The topological polar surface area (TPSA) is 111 Å². The summed E-state index contributed by atoms with van der Waals surface area (Å²) in [6, 6.07) is 8.86. The number of benzene rings is 1. The quantitative estimate of drug-likeness (QED) is 0.618. The minimum absolute atomic E-state index is 0.116. The lowest BCUT2D eigenvalue weighted by Crippen LogP contribution is -2.20. The summed E-state index contributed by atoms with van der Waals surface area (Å²) in [6.45, 7) is 5.56. The van der Waals surface area contributed by atoms with Gasteiger partial charge in [0.05, 0.1) is 18.4 Å². The third-order valence-corrected chi connectivity index (χ3v) is 4.10. The molecule has 0 aliphatic carbocycles. The Hall–Kier alpha value is -3.75. The first-order chi connectivity index (χ1) is 13.9. The van der Waals surface area contributed by atoms with Crippen molar-refractivity contribution in [1.29, 1.82) is 0 Å². The van der Waals surface area contributed by atoms with Crippen molar-refractivity contribution in [3.8, 4) is 5.95 Å². The number of hydrogen-bond donors (Lipinski definition) is 2. The van der Waals surface area contributed by atoms with Crippen LogP contribution in [0.15, 0.2) is 36.5 Å². The molecule has 0 aliphatic heterocycles. The van der Waals surface area contributed by atoms with Gasteiger partial charge in [0.2, 0.25) is 0 Å². The minimum Gasteiger partial charge on any atom is -0.462 e. The van der Waals surface area contributed by atoms with Gasteiger partial charge in [-0.05, 0) is 39.0 Å². The average Bonchev–Trinajstić information content (AvgIpc) is 3.11. The highest BCUT2D eigenvalue weighted by Gasteiger charge is 2.24. The van der Waals surface area contributed by atoms with Crippen LogP contribution < -0.4 is 10.6 Å². The van der Waals surface area contributed by atoms with E-state index in [4.69, 9.17) is 4.74 Å². The Morgan fingerprint density at radius 1 is 1.10 bits per heavy atom. The van der Waals surface area contributed by atoms with Gasteiger partial charge < -0.3 is 15.4 Å². The molecule has 0 bridgehead atoms. The second kappa shape index (κ2) is 8.51. The van der Waals surface area contributed by atoms with Crippen molar-refractivity contribution >= 4 is 23.4 Å². The van der Waals surface area contributed by atoms with Crippen molar-refractivity contribution in [3.05, 3.63) is 59.0 Å². The third-order valence-electron chi connectivity index (χ3n) is 4.10. The fraction of sp³-hybridized carbons (Fsp3) is 0.250. The number of rotatable bonds is 6. The van der Waals surface area contributed by atoms with Crippen LogP contribution in [0.2, 0.25) is 0 Å². The van der Waals surface area contributed by atoms with E-state index in [1.54, 1.807) is 32.2 Å². The van der Waals surface area contributed by atoms with Crippen LogP contribution in [0.4, 0.5) is 11.5 Å². The van der Waals surface area contributed by atoms with Crippen molar-refractivity contribution in [1.82, 2.24) is 19.7 Å². The molecule has 1 aromatic carbocycles. The predicted octanol–water partition coefficient (Wildman–Crippen LogP) is 2.75. The summed E-state index contributed by atoms with van der Waals surface area (Å²) in [6.07, 6.45) is 1.33. The van der Waals surface area contributed by atoms with Gasteiger partial charge in [0.15, 0.2) is 5.82 Å². The van der Waals surface area contributed by atoms with E-state index in [1.807, 2.05) is 26.0 Å². The van der Waals surface area contributed by atoms with Gasteiger partial charge in [-0.3, -0.25) is 4.79 Å². The van der Waals surface area contributed by atoms with Gasteiger partial charge >= 0.3 is 5.97 Å². The third kappa shape index (κ3) is 4.23. The van der Waals surface area contributed by atoms with E-state index >= 15 is 0 Å². The summed E-state index contributed by atoms with van der Waals surface area (Å²) >= 11 is 0. The van der Waals surface area contributed by atoms with Crippen LogP contribution >= 0.6 is 0 Å². The van der Waals surface area contributed by atoms with E-state index in [-0.39, 0.29) is 23.9 Å². The highest BCUT2D eigenvalue weighted by molar-refractivity contribution is 6.10. The van der Waals surface area contributed by atoms with Crippen LogP contribution in [0.5, 0.6) is 0 Å². The van der Waals surface area contributed by atoms with Crippen molar-refractivity contribution < 1.29 is 14.3 Å². The van der Waals surface area contributed by atoms with Gasteiger partial charge in [-0.2, -0.15) is 9.78 Å². The molecule has 2 heterocycles. The van der Waals surface area contributed by atoms with Crippen LogP contribution in [0.3, 0.4) is 0 Å². The van der Waals surface area contributed by atoms with Crippen LogP contribution in [0.25, 0.3) is 5.95 Å². The number of aromatic nitrogens is 4. The van der Waals surface area contributed by atoms with E-state index in [2.05, 4.69) is 25.7 Å². The summed E-state index contributed by atoms with van der Waals surface area (Å²) in [4.78, 5) is 34.1. The van der Waals surface area contributed by atoms with Gasteiger partial charge in [0.25, 0.3) is 11.9 Å². The summed E-state index contributed by atoms with van der Waals surface area (Å²) in [5.41, 5.74) is 2.65. The molecule has 2 aromatic heterocycles. The lowest BCUT2D eigenvalue weighted by atomic mass is 10.1. The number of esters is 1. The molecule has 0 aliphatic rings. The van der Waals surface area contributed by atoms with Crippen molar-refractivity contribution in [3.63, 3.8) is 0 Å². The SMILES string of the molecule is CCOC(=O)c1cnn(-c2nc(C)cc(C)n2)c1NC(=O)c1ccccc1NC. The standard InChI is InChI=1S/C20H22N6O3/c1-5-29-19(28)15-11-22-26(20-23-12(2)10-13(3)24-20)17(15)25-18(27)14-8-6-7-9-16(14)21-4/h6-11,21H,5H2,1-4H3,(H,25,27). The Bertz CT molecular complexity index is 1040. The van der Waals surface area contributed by atoms with Crippen LogP contribution in [0, 0.1) is 13.8 Å². The first-order valence-corrected chi connectivity index (χ1v) is 9.10. The molecule has 0 radical (unpaired) electrons. The first-order valence-electron chi connectivity index (χ1n) is 9.10. The fourth-order valence-electron chi connectivity index (χ4n) is 2.85. The number of aryl methyl sites for hydroxylation is 2. The van der Waals surface area contributed by atoms with E-state index in [9.17, 15) is 9.59 Å². The van der Waals surface area contributed by atoms with Crippen molar-refractivity contribution in [2.24, 2.45) is 0 Å². The molecular weight excluding hydrogens is 372 g/mol. The highest BCUT2D eigenvalue weighted by Crippen LogP contribution is 2.23. The molecule has 29 heavy (non-hydrogen) atoms. The molecule has 0 spiro atoms. The second-order valence-corrected chi connectivity index (χ2v) is 6.24. The average molecular weight is 394 g/mol. The maximum atomic E-state index is 13.0. The summed E-state index contributed by atoms with van der Waals surface area (Å²) in [5, 5.41) is 9.96. The number of anilines is 2. The van der Waals surface area contributed by atoms with Gasteiger partial charge in [0.1, 0.15) is 5.56 Å². The monoisotopic (exact) mass is 394 g/mol. The molecule has 1 amide bonds. The predicted molar refractivity (Wildman–Crippen MR) is 109 cm³/mol. The zero-order valence-electron chi connectivity index (χ0n) is 16.7. The number of hydrogen-bond acceptors (Lipinski definition) is 7. The number of nitrogens with one attached hydrogen (secondary N) is 2. The Labute approximate surface area is 168 Å². The summed E-state index contributed by atoms with van der Waals surface area (Å²) < 4.78 is 6.43. The maximum absolute atomic E-state index is 13.0. The largest absolute Gasteiger partial charge is 0.462 e. The number of carbonyl (C=O) groups is 2. The molecule has 0 saturated carbocycles. The smallest absolute Gasteiger partial charge is 0.343 e. The molecule has 0 atom stereocenters.